The molecular formula is H6NNa2O3P. The van der Waals surface area contributed by atoms with Crippen LogP contribution in [0.25, 0.3) is 0 Å². The monoisotopic (exact) mass is 145 g/mol. The molecule has 7 heavy (non-hydrogen) atoms. The minimum absolute atomic E-state index is 0. The first kappa shape index (κ1) is 16.1. The molecular weight excluding hydrogens is 139 g/mol. The van der Waals surface area contributed by atoms with Gasteiger partial charge in [0, 0.05) is 0 Å². The fourth-order valence-electron chi connectivity index (χ4n) is 0. The Morgan fingerprint density at radius 1 is 1.43 bits per heavy atom. The standard InChI is InChI=1S/H4NO3P.2Na.2H/c1-5(2,3)4;;;;/h(H4,1,2,3,4);;;;/q;2*+1;2*-1. The van der Waals surface area contributed by atoms with E-state index >= 15 is 0 Å². The molecule has 0 bridgehead atoms. The summed E-state index contributed by atoms with van der Waals surface area (Å²) in [6, 6.07) is 0. The van der Waals surface area contributed by atoms with Crippen molar-refractivity contribution in [3.63, 3.8) is 0 Å². The fraction of sp³-hybridized carbons (Fsp3) is 0. The van der Waals surface area contributed by atoms with Crippen molar-refractivity contribution in [1.29, 1.82) is 0 Å². The van der Waals surface area contributed by atoms with Gasteiger partial charge in [0.2, 0.25) is 0 Å². The molecule has 0 atom stereocenters. The van der Waals surface area contributed by atoms with Gasteiger partial charge in [0.15, 0.2) is 0 Å². The maximum absolute atomic E-state index is 9.10. The normalized spacial score (nSPS) is 8.43. The van der Waals surface area contributed by atoms with Crippen LogP contribution in [-0.4, -0.2) is 9.79 Å². The Morgan fingerprint density at radius 3 is 1.43 bits per heavy atom. The molecule has 0 spiro atoms. The largest absolute Gasteiger partial charge is 1.00 e. The predicted octanol–water partition coefficient (Wildman–Crippen LogP) is -6.73. The van der Waals surface area contributed by atoms with Gasteiger partial charge in [-0.3, -0.25) is 0 Å². The van der Waals surface area contributed by atoms with Crippen molar-refractivity contribution in [3.8, 4) is 0 Å². The Labute approximate surface area is 88.6 Å². The van der Waals surface area contributed by atoms with Gasteiger partial charge in [-0.2, -0.15) is 0 Å². The Balaban J connectivity index is -0.0000000133. The zero-order valence-electron chi connectivity index (χ0n) is 6.33. The van der Waals surface area contributed by atoms with E-state index in [0.29, 0.717) is 0 Å². The van der Waals surface area contributed by atoms with Crippen molar-refractivity contribution >= 4 is 7.75 Å². The van der Waals surface area contributed by atoms with Crippen LogP contribution < -0.4 is 64.6 Å². The van der Waals surface area contributed by atoms with Crippen molar-refractivity contribution in [3.05, 3.63) is 0 Å². The molecule has 7 heteroatoms. The Morgan fingerprint density at radius 2 is 1.43 bits per heavy atom. The van der Waals surface area contributed by atoms with Crippen LogP contribution in [0, 0.1) is 0 Å². The number of nitrogens with two attached hydrogens (primary N) is 1. The quantitative estimate of drug-likeness (QED) is 0.233. The van der Waals surface area contributed by atoms with E-state index in [-0.39, 0.29) is 62.0 Å². The molecule has 0 heterocycles. The molecule has 0 saturated carbocycles. The molecule has 36 valence electrons. The SMILES string of the molecule is NP(=O)(O)O.[H-].[H-].[Na+].[Na+]. The summed E-state index contributed by atoms with van der Waals surface area (Å²) >= 11 is 0. The predicted molar refractivity (Wildman–Crippen MR) is 18.5 cm³/mol. The van der Waals surface area contributed by atoms with Gasteiger partial charge in [-0.05, 0) is 0 Å². The van der Waals surface area contributed by atoms with Crippen molar-refractivity contribution in [1.82, 2.24) is 0 Å². The van der Waals surface area contributed by atoms with Gasteiger partial charge in [-0.25, -0.2) is 10.1 Å². The molecule has 0 saturated heterocycles. The summed E-state index contributed by atoms with van der Waals surface area (Å²) in [5.74, 6) is 0. The molecule has 0 unspecified atom stereocenters. The summed E-state index contributed by atoms with van der Waals surface area (Å²) in [6.45, 7) is 0. The zero-order chi connectivity index (χ0) is 4.50. The first-order valence-corrected chi connectivity index (χ1v) is 2.52. The van der Waals surface area contributed by atoms with Crippen molar-refractivity contribution in [2.75, 3.05) is 0 Å². The van der Waals surface area contributed by atoms with E-state index in [4.69, 9.17) is 14.4 Å². The third kappa shape index (κ3) is 68.0. The van der Waals surface area contributed by atoms with Crippen molar-refractivity contribution < 1.29 is 76.3 Å². The maximum Gasteiger partial charge on any atom is 1.00 e. The van der Waals surface area contributed by atoms with Gasteiger partial charge in [-0.15, -0.1) is 0 Å². The van der Waals surface area contributed by atoms with Gasteiger partial charge in [0.05, 0.1) is 0 Å². The molecule has 0 aromatic heterocycles. The smallest absolute Gasteiger partial charge is 1.00 e. The number of hydrogen-bond acceptors (Lipinski definition) is 1. The Kier molecular flexibility index (Phi) is 14.3. The summed E-state index contributed by atoms with van der Waals surface area (Å²) in [6.07, 6.45) is 0. The van der Waals surface area contributed by atoms with E-state index in [9.17, 15) is 0 Å². The molecule has 0 rings (SSSR count). The summed E-state index contributed by atoms with van der Waals surface area (Å²) < 4.78 is 9.10. The van der Waals surface area contributed by atoms with Crippen LogP contribution >= 0.6 is 7.75 Å². The third-order valence-electron chi connectivity index (χ3n) is 0. The molecule has 0 radical (unpaired) electrons. The van der Waals surface area contributed by atoms with Gasteiger partial charge >= 0.3 is 66.9 Å². The van der Waals surface area contributed by atoms with Crippen LogP contribution in [0.2, 0.25) is 0 Å². The summed E-state index contributed by atoms with van der Waals surface area (Å²) in [7, 11) is -4.14. The molecule has 0 aliphatic heterocycles. The second-order valence-electron chi connectivity index (χ2n) is 0.589. The zero-order valence-corrected chi connectivity index (χ0v) is 9.22. The average Bonchev–Trinajstić information content (AvgIpc) is 0.722. The van der Waals surface area contributed by atoms with Gasteiger partial charge in [-0.1, -0.05) is 0 Å². The van der Waals surface area contributed by atoms with E-state index in [1.807, 2.05) is 0 Å². The van der Waals surface area contributed by atoms with Crippen LogP contribution in [-0.2, 0) is 4.57 Å². The molecule has 0 amide bonds. The average molecular weight is 145 g/mol. The minimum Gasteiger partial charge on any atom is -1.00 e. The van der Waals surface area contributed by atoms with E-state index in [0.717, 1.165) is 0 Å². The fourth-order valence-corrected chi connectivity index (χ4v) is 0. The minimum atomic E-state index is -4.14. The molecule has 0 aromatic carbocycles. The van der Waals surface area contributed by atoms with Gasteiger partial charge < -0.3 is 12.6 Å². The Hall–Kier alpha value is 2.11. The maximum atomic E-state index is 9.10. The van der Waals surface area contributed by atoms with Crippen LogP contribution in [0.1, 0.15) is 2.85 Å². The first-order chi connectivity index (χ1) is 2.00. The van der Waals surface area contributed by atoms with Crippen LogP contribution in [0.4, 0.5) is 0 Å². The van der Waals surface area contributed by atoms with E-state index in [1.165, 1.54) is 0 Å². The summed E-state index contributed by atoms with van der Waals surface area (Å²) in [5.41, 5.74) is 4.02. The molecule has 0 fully saturated rings. The second kappa shape index (κ2) is 6.23. The molecule has 0 aliphatic rings. The van der Waals surface area contributed by atoms with E-state index in [1.54, 1.807) is 0 Å². The summed E-state index contributed by atoms with van der Waals surface area (Å²) in [4.78, 5) is 14.8. The molecule has 4 N–H and O–H groups in total. The van der Waals surface area contributed by atoms with E-state index < -0.39 is 7.75 Å². The van der Waals surface area contributed by atoms with Crippen LogP contribution in [0.15, 0.2) is 0 Å². The topological polar surface area (TPSA) is 83.6 Å². The van der Waals surface area contributed by atoms with E-state index in [2.05, 4.69) is 5.50 Å². The third-order valence-corrected chi connectivity index (χ3v) is 0. The van der Waals surface area contributed by atoms with Crippen LogP contribution in [0.5, 0.6) is 0 Å². The van der Waals surface area contributed by atoms with Gasteiger partial charge in [0.1, 0.15) is 0 Å². The molecule has 0 aliphatic carbocycles. The van der Waals surface area contributed by atoms with Crippen LogP contribution in [0.3, 0.4) is 0 Å². The van der Waals surface area contributed by atoms with Crippen molar-refractivity contribution in [2.45, 2.75) is 0 Å². The second-order valence-corrected chi connectivity index (χ2v) is 1.77. The van der Waals surface area contributed by atoms with Crippen molar-refractivity contribution in [2.24, 2.45) is 5.50 Å². The summed E-state index contributed by atoms with van der Waals surface area (Å²) in [5, 5.41) is 0. The Bertz CT molecular complexity index is 65.9. The number of hydrogen-bond donors (Lipinski definition) is 3. The first-order valence-electron chi connectivity index (χ1n) is 0.841. The molecule has 0 aromatic rings. The van der Waals surface area contributed by atoms with Gasteiger partial charge in [0.25, 0.3) is 0 Å². The number of rotatable bonds is 0. The molecule has 4 nitrogen and oxygen atoms in total.